The van der Waals surface area contributed by atoms with Crippen LogP contribution in [0.15, 0.2) is 42.5 Å². The summed E-state index contributed by atoms with van der Waals surface area (Å²) in [6.07, 6.45) is 0. The van der Waals surface area contributed by atoms with Gasteiger partial charge in [-0.1, -0.05) is 35.9 Å². The van der Waals surface area contributed by atoms with E-state index in [-0.39, 0.29) is 11.6 Å². The number of benzene rings is 2. The lowest BCUT2D eigenvalue weighted by Gasteiger charge is -2.09. The molecule has 0 heterocycles. The molecule has 0 aliphatic carbocycles. The molecule has 0 radical (unpaired) electrons. The average Bonchev–Trinajstić information content (AvgIpc) is 2.33. The molecular weight excluding hydrogens is 353 g/mol. The zero-order valence-electron chi connectivity index (χ0n) is 8.79. The summed E-state index contributed by atoms with van der Waals surface area (Å²) in [6, 6.07) is 12.3. The SMILES string of the molecule is Fc1cccc(COc2ccccc2I)c1Cl. The Bertz CT molecular complexity index is 531. The minimum atomic E-state index is -0.421. The van der Waals surface area contributed by atoms with Gasteiger partial charge in [-0.3, -0.25) is 0 Å². The molecule has 0 saturated carbocycles. The molecule has 0 saturated heterocycles. The summed E-state index contributed by atoms with van der Waals surface area (Å²) in [5.74, 6) is 0.351. The van der Waals surface area contributed by atoms with Gasteiger partial charge in [-0.15, -0.1) is 0 Å². The molecular formula is C13H9ClFIO. The van der Waals surface area contributed by atoms with E-state index in [0.29, 0.717) is 5.56 Å². The van der Waals surface area contributed by atoms with Gasteiger partial charge in [0.05, 0.1) is 8.59 Å². The Hall–Kier alpha value is -0.810. The van der Waals surface area contributed by atoms with Gasteiger partial charge in [0, 0.05) is 5.56 Å². The van der Waals surface area contributed by atoms with E-state index in [1.54, 1.807) is 12.1 Å². The Morgan fingerprint density at radius 2 is 1.88 bits per heavy atom. The highest BCUT2D eigenvalue weighted by Crippen LogP contribution is 2.24. The highest BCUT2D eigenvalue weighted by Gasteiger charge is 2.07. The van der Waals surface area contributed by atoms with E-state index in [0.717, 1.165) is 9.32 Å². The van der Waals surface area contributed by atoms with Crippen LogP contribution in [-0.4, -0.2) is 0 Å². The first-order chi connectivity index (χ1) is 8.18. The second kappa shape index (κ2) is 5.69. The molecule has 0 unspecified atom stereocenters. The van der Waals surface area contributed by atoms with Crippen LogP contribution >= 0.6 is 34.2 Å². The smallest absolute Gasteiger partial charge is 0.142 e. The number of para-hydroxylation sites is 1. The van der Waals surface area contributed by atoms with E-state index in [2.05, 4.69) is 22.6 Å². The fourth-order valence-electron chi connectivity index (χ4n) is 1.38. The van der Waals surface area contributed by atoms with Gasteiger partial charge in [0.2, 0.25) is 0 Å². The predicted molar refractivity (Wildman–Crippen MR) is 74.9 cm³/mol. The van der Waals surface area contributed by atoms with E-state index in [9.17, 15) is 4.39 Å². The van der Waals surface area contributed by atoms with Gasteiger partial charge in [-0.25, -0.2) is 4.39 Å². The van der Waals surface area contributed by atoms with Crippen LogP contribution in [0.1, 0.15) is 5.56 Å². The summed E-state index contributed by atoms with van der Waals surface area (Å²) in [6.45, 7) is 0.261. The molecule has 0 bridgehead atoms. The number of halogens is 3. The van der Waals surface area contributed by atoms with E-state index >= 15 is 0 Å². The minimum Gasteiger partial charge on any atom is -0.488 e. The van der Waals surface area contributed by atoms with Crippen molar-refractivity contribution in [2.45, 2.75) is 6.61 Å². The van der Waals surface area contributed by atoms with Gasteiger partial charge in [0.15, 0.2) is 0 Å². The van der Waals surface area contributed by atoms with E-state index in [1.807, 2.05) is 24.3 Å². The third-order valence-corrected chi connectivity index (χ3v) is 3.57. The molecule has 0 aliphatic rings. The molecule has 0 aliphatic heterocycles. The maximum Gasteiger partial charge on any atom is 0.142 e. The monoisotopic (exact) mass is 362 g/mol. The maximum atomic E-state index is 13.2. The number of hydrogen-bond donors (Lipinski definition) is 0. The van der Waals surface area contributed by atoms with Crippen molar-refractivity contribution in [2.24, 2.45) is 0 Å². The lowest BCUT2D eigenvalue weighted by atomic mass is 10.2. The Balaban J connectivity index is 2.13. The van der Waals surface area contributed by atoms with E-state index in [1.165, 1.54) is 6.07 Å². The normalized spacial score (nSPS) is 10.3. The van der Waals surface area contributed by atoms with Crippen LogP contribution in [0.2, 0.25) is 5.02 Å². The van der Waals surface area contributed by atoms with Gasteiger partial charge in [0.1, 0.15) is 18.2 Å². The van der Waals surface area contributed by atoms with Crippen molar-refractivity contribution >= 4 is 34.2 Å². The van der Waals surface area contributed by atoms with Crippen LogP contribution in [0, 0.1) is 9.39 Å². The first kappa shape index (κ1) is 12.6. The Morgan fingerprint density at radius 3 is 2.65 bits per heavy atom. The molecule has 0 amide bonds. The zero-order chi connectivity index (χ0) is 12.3. The summed E-state index contributed by atoms with van der Waals surface area (Å²) in [5, 5.41) is 0.124. The van der Waals surface area contributed by atoms with Crippen LogP contribution in [0.4, 0.5) is 4.39 Å². The summed E-state index contributed by atoms with van der Waals surface area (Å²) < 4.78 is 19.8. The van der Waals surface area contributed by atoms with Crippen molar-refractivity contribution < 1.29 is 9.13 Å². The molecule has 2 aromatic rings. The van der Waals surface area contributed by atoms with Gasteiger partial charge >= 0.3 is 0 Å². The van der Waals surface area contributed by atoms with E-state index < -0.39 is 5.82 Å². The molecule has 2 aromatic carbocycles. The lowest BCUT2D eigenvalue weighted by Crippen LogP contribution is -1.98. The number of hydrogen-bond acceptors (Lipinski definition) is 1. The first-order valence-electron chi connectivity index (χ1n) is 4.98. The standard InChI is InChI=1S/C13H9ClFIO/c14-13-9(4-3-5-10(13)15)8-17-12-7-2-1-6-11(12)16/h1-7H,8H2. The molecule has 0 spiro atoms. The van der Waals surface area contributed by atoms with Gasteiger partial charge in [-0.05, 0) is 40.8 Å². The van der Waals surface area contributed by atoms with Crippen molar-refractivity contribution in [3.8, 4) is 5.75 Å². The van der Waals surface area contributed by atoms with Crippen molar-refractivity contribution in [2.75, 3.05) is 0 Å². The largest absolute Gasteiger partial charge is 0.488 e. The quantitative estimate of drug-likeness (QED) is 0.722. The van der Waals surface area contributed by atoms with Crippen molar-refractivity contribution in [3.63, 3.8) is 0 Å². The van der Waals surface area contributed by atoms with Crippen molar-refractivity contribution in [3.05, 3.63) is 62.4 Å². The summed E-state index contributed by atoms with van der Waals surface area (Å²) in [5.41, 5.74) is 0.645. The fraction of sp³-hybridized carbons (Fsp3) is 0.0769. The first-order valence-corrected chi connectivity index (χ1v) is 6.44. The van der Waals surface area contributed by atoms with E-state index in [4.69, 9.17) is 16.3 Å². The summed E-state index contributed by atoms with van der Waals surface area (Å²) >= 11 is 8.03. The minimum absolute atomic E-state index is 0.124. The Kier molecular flexibility index (Phi) is 4.23. The molecule has 17 heavy (non-hydrogen) atoms. The maximum absolute atomic E-state index is 13.2. The highest BCUT2D eigenvalue weighted by molar-refractivity contribution is 14.1. The molecule has 88 valence electrons. The van der Waals surface area contributed by atoms with Crippen LogP contribution in [0.5, 0.6) is 5.75 Å². The molecule has 0 fully saturated rings. The molecule has 2 rings (SSSR count). The molecule has 0 N–H and O–H groups in total. The van der Waals surface area contributed by atoms with Crippen molar-refractivity contribution in [1.29, 1.82) is 0 Å². The van der Waals surface area contributed by atoms with Crippen LogP contribution in [-0.2, 0) is 6.61 Å². The van der Waals surface area contributed by atoms with Gasteiger partial charge in [0.25, 0.3) is 0 Å². The van der Waals surface area contributed by atoms with Gasteiger partial charge in [-0.2, -0.15) is 0 Å². The number of rotatable bonds is 3. The Morgan fingerprint density at radius 1 is 1.12 bits per heavy atom. The molecule has 4 heteroatoms. The highest BCUT2D eigenvalue weighted by atomic mass is 127. The lowest BCUT2D eigenvalue weighted by molar-refractivity contribution is 0.303. The topological polar surface area (TPSA) is 9.23 Å². The second-order valence-corrected chi connectivity index (χ2v) is 4.97. The zero-order valence-corrected chi connectivity index (χ0v) is 11.7. The predicted octanol–water partition coefficient (Wildman–Crippen LogP) is 4.66. The van der Waals surface area contributed by atoms with Gasteiger partial charge < -0.3 is 4.74 Å². The molecule has 0 atom stereocenters. The molecule has 0 aromatic heterocycles. The third kappa shape index (κ3) is 3.10. The Labute approximate surface area is 118 Å². The number of ether oxygens (including phenoxy) is 1. The van der Waals surface area contributed by atoms with Crippen LogP contribution < -0.4 is 4.74 Å². The summed E-state index contributed by atoms with van der Waals surface area (Å²) in [4.78, 5) is 0. The fourth-order valence-corrected chi connectivity index (χ4v) is 2.10. The molecule has 1 nitrogen and oxygen atoms in total. The van der Waals surface area contributed by atoms with Crippen molar-refractivity contribution in [1.82, 2.24) is 0 Å². The summed E-state index contributed by atoms with van der Waals surface area (Å²) in [7, 11) is 0. The van der Waals surface area contributed by atoms with Crippen LogP contribution in [0.3, 0.4) is 0 Å². The van der Waals surface area contributed by atoms with Crippen LogP contribution in [0.25, 0.3) is 0 Å². The average molecular weight is 363 g/mol. The third-order valence-electron chi connectivity index (χ3n) is 2.25. The second-order valence-electron chi connectivity index (χ2n) is 3.43.